The third kappa shape index (κ3) is 8.13. The maximum atomic E-state index is 5.44. The van der Waals surface area contributed by atoms with Gasteiger partial charge in [-0.05, 0) is 19.4 Å². The zero-order valence-corrected chi connectivity index (χ0v) is 9.81. The summed E-state index contributed by atoms with van der Waals surface area (Å²) in [7, 11) is 0. The van der Waals surface area contributed by atoms with Crippen molar-refractivity contribution in [2.75, 3.05) is 6.54 Å². The van der Waals surface area contributed by atoms with E-state index in [1.807, 2.05) is 0 Å². The fourth-order valence-corrected chi connectivity index (χ4v) is 1.51. The molecule has 0 aromatic carbocycles. The van der Waals surface area contributed by atoms with Crippen molar-refractivity contribution in [2.45, 2.75) is 64.8 Å². The number of terminal acetylenes is 1. The monoisotopic (exact) mass is 195 g/mol. The van der Waals surface area contributed by atoms with Gasteiger partial charge in [0, 0.05) is 0 Å². The average Bonchev–Trinajstić information content (AvgIpc) is 2.22. The lowest BCUT2D eigenvalue weighted by atomic mass is 10.1. The highest BCUT2D eigenvalue weighted by Gasteiger charge is 2.01. The fourth-order valence-electron chi connectivity index (χ4n) is 1.51. The first-order valence-corrected chi connectivity index (χ1v) is 6.04. The third-order valence-electron chi connectivity index (χ3n) is 2.44. The average molecular weight is 195 g/mol. The first kappa shape index (κ1) is 13.5. The molecule has 0 aliphatic carbocycles. The summed E-state index contributed by atoms with van der Waals surface area (Å²) in [6, 6.07) is 0.302. The van der Waals surface area contributed by atoms with Gasteiger partial charge in [0.25, 0.3) is 0 Å². The van der Waals surface area contributed by atoms with E-state index in [-0.39, 0.29) is 0 Å². The summed E-state index contributed by atoms with van der Waals surface area (Å²) < 4.78 is 0. The van der Waals surface area contributed by atoms with Crippen LogP contribution in [0.5, 0.6) is 0 Å². The van der Waals surface area contributed by atoms with Crippen molar-refractivity contribution in [2.24, 2.45) is 0 Å². The van der Waals surface area contributed by atoms with Crippen molar-refractivity contribution in [3.8, 4) is 12.3 Å². The number of hydrogen-bond donors (Lipinski definition) is 1. The van der Waals surface area contributed by atoms with Gasteiger partial charge in [0.1, 0.15) is 0 Å². The van der Waals surface area contributed by atoms with Crippen LogP contribution in [-0.2, 0) is 0 Å². The Morgan fingerprint density at radius 2 is 1.79 bits per heavy atom. The second-order valence-corrected chi connectivity index (χ2v) is 3.88. The predicted octanol–water partition coefficient (Wildman–Crippen LogP) is 3.35. The van der Waals surface area contributed by atoms with Gasteiger partial charge in [0.2, 0.25) is 0 Å². The van der Waals surface area contributed by atoms with E-state index >= 15 is 0 Å². The molecular weight excluding hydrogens is 170 g/mol. The van der Waals surface area contributed by atoms with E-state index in [1.165, 1.54) is 32.1 Å². The second-order valence-electron chi connectivity index (χ2n) is 3.88. The van der Waals surface area contributed by atoms with E-state index < -0.39 is 0 Å². The predicted molar refractivity (Wildman–Crippen MR) is 64.3 cm³/mol. The highest BCUT2D eigenvalue weighted by Crippen LogP contribution is 2.06. The Hall–Kier alpha value is -0.480. The Morgan fingerprint density at radius 1 is 1.07 bits per heavy atom. The highest BCUT2D eigenvalue weighted by molar-refractivity contribution is 4.98. The Labute approximate surface area is 89.7 Å². The van der Waals surface area contributed by atoms with Gasteiger partial charge in [-0.3, -0.25) is 0 Å². The second kappa shape index (κ2) is 10.6. The molecule has 0 aliphatic rings. The summed E-state index contributed by atoms with van der Waals surface area (Å²) in [5.41, 5.74) is 0. The number of rotatable bonds is 9. The first-order chi connectivity index (χ1) is 6.85. The summed E-state index contributed by atoms with van der Waals surface area (Å²) in [4.78, 5) is 0. The molecule has 0 fully saturated rings. The molecule has 1 heteroatoms. The van der Waals surface area contributed by atoms with Crippen LogP contribution >= 0.6 is 0 Å². The van der Waals surface area contributed by atoms with E-state index in [4.69, 9.17) is 6.42 Å². The van der Waals surface area contributed by atoms with Crippen molar-refractivity contribution >= 4 is 0 Å². The Bertz CT molecular complexity index is 146. The minimum Gasteiger partial charge on any atom is -0.304 e. The quantitative estimate of drug-likeness (QED) is 0.439. The van der Waals surface area contributed by atoms with Crippen molar-refractivity contribution in [3.63, 3.8) is 0 Å². The zero-order chi connectivity index (χ0) is 10.6. The van der Waals surface area contributed by atoms with Crippen LogP contribution in [0.2, 0.25) is 0 Å². The summed E-state index contributed by atoms with van der Waals surface area (Å²) in [6.45, 7) is 5.46. The largest absolute Gasteiger partial charge is 0.304 e. The maximum Gasteiger partial charge on any atom is 0.0686 e. The van der Waals surface area contributed by atoms with Crippen LogP contribution in [0.3, 0.4) is 0 Å². The molecule has 1 unspecified atom stereocenters. The lowest BCUT2D eigenvalue weighted by molar-refractivity contribution is 0.521. The molecule has 0 saturated heterocycles. The standard InChI is InChI=1S/C13H25N/c1-4-7-8-9-10-11-13(6-3)14-12-5-2/h3,13-14H,4-5,7-12H2,1-2H3. The van der Waals surface area contributed by atoms with Crippen LogP contribution < -0.4 is 5.32 Å². The fraction of sp³-hybridized carbons (Fsp3) is 0.846. The lowest BCUT2D eigenvalue weighted by Crippen LogP contribution is -2.28. The molecule has 0 aromatic heterocycles. The molecule has 0 spiro atoms. The smallest absolute Gasteiger partial charge is 0.0686 e. The van der Waals surface area contributed by atoms with Crippen LogP contribution in [0.25, 0.3) is 0 Å². The van der Waals surface area contributed by atoms with Crippen molar-refractivity contribution in [1.82, 2.24) is 5.32 Å². The van der Waals surface area contributed by atoms with E-state index in [0.29, 0.717) is 6.04 Å². The van der Waals surface area contributed by atoms with Gasteiger partial charge in [0.15, 0.2) is 0 Å². The highest BCUT2D eigenvalue weighted by atomic mass is 14.9. The third-order valence-corrected chi connectivity index (χ3v) is 2.44. The van der Waals surface area contributed by atoms with E-state index in [0.717, 1.165) is 19.4 Å². The van der Waals surface area contributed by atoms with Crippen LogP contribution in [0.4, 0.5) is 0 Å². The van der Waals surface area contributed by atoms with Gasteiger partial charge in [-0.1, -0.05) is 51.9 Å². The molecule has 0 aromatic rings. The van der Waals surface area contributed by atoms with E-state index in [9.17, 15) is 0 Å². The van der Waals surface area contributed by atoms with E-state index in [1.54, 1.807) is 0 Å². The molecule has 0 aliphatic heterocycles. The van der Waals surface area contributed by atoms with Crippen molar-refractivity contribution in [3.05, 3.63) is 0 Å². The zero-order valence-electron chi connectivity index (χ0n) is 9.81. The van der Waals surface area contributed by atoms with Crippen molar-refractivity contribution in [1.29, 1.82) is 0 Å². The Balaban J connectivity index is 3.30. The summed E-state index contributed by atoms with van der Waals surface area (Å²) in [6.07, 6.45) is 14.4. The summed E-state index contributed by atoms with van der Waals surface area (Å²) in [5.74, 6) is 2.82. The number of unbranched alkanes of at least 4 members (excludes halogenated alkanes) is 4. The van der Waals surface area contributed by atoms with E-state index in [2.05, 4.69) is 25.1 Å². The molecule has 0 rings (SSSR count). The molecule has 1 nitrogen and oxygen atoms in total. The van der Waals surface area contributed by atoms with Crippen LogP contribution in [0, 0.1) is 12.3 Å². The topological polar surface area (TPSA) is 12.0 Å². The van der Waals surface area contributed by atoms with Gasteiger partial charge in [-0.15, -0.1) is 6.42 Å². The SMILES string of the molecule is C#CC(CCCCCCC)NCCC. The molecule has 0 saturated carbocycles. The molecule has 1 atom stereocenters. The minimum absolute atomic E-state index is 0.302. The molecular formula is C13H25N. The number of hydrogen-bond acceptors (Lipinski definition) is 1. The van der Waals surface area contributed by atoms with Gasteiger partial charge < -0.3 is 5.32 Å². The molecule has 0 amide bonds. The Kier molecular flexibility index (Phi) is 10.2. The Morgan fingerprint density at radius 3 is 2.36 bits per heavy atom. The maximum absolute atomic E-state index is 5.44. The lowest BCUT2D eigenvalue weighted by Gasteiger charge is -2.11. The summed E-state index contributed by atoms with van der Waals surface area (Å²) >= 11 is 0. The molecule has 1 N–H and O–H groups in total. The molecule has 82 valence electrons. The molecule has 0 heterocycles. The van der Waals surface area contributed by atoms with Gasteiger partial charge in [-0.2, -0.15) is 0 Å². The molecule has 0 radical (unpaired) electrons. The number of nitrogens with one attached hydrogen (secondary N) is 1. The molecule has 14 heavy (non-hydrogen) atoms. The normalized spacial score (nSPS) is 12.4. The van der Waals surface area contributed by atoms with Crippen LogP contribution in [0.1, 0.15) is 58.8 Å². The van der Waals surface area contributed by atoms with Crippen molar-refractivity contribution < 1.29 is 0 Å². The van der Waals surface area contributed by atoms with Gasteiger partial charge in [-0.25, -0.2) is 0 Å². The van der Waals surface area contributed by atoms with Crippen LogP contribution in [0.15, 0.2) is 0 Å². The van der Waals surface area contributed by atoms with Crippen LogP contribution in [-0.4, -0.2) is 12.6 Å². The minimum atomic E-state index is 0.302. The summed E-state index contributed by atoms with van der Waals surface area (Å²) in [5, 5.41) is 3.37. The van der Waals surface area contributed by atoms with Gasteiger partial charge in [0.05, 0.1) is 6.04 Å². The van der Waals surface area contributed by atoms with Gasteiger partial charge >= 0.3 is 0 Å². The molecule has 0 bridgehead atoms. The first-order valence-electron chi connectivity index (χ1n) is 6.04.